The van der Waals surface area contributed by atoms with Crippen LogP contribution in [0.2, 0.25) is 0 Å². The molecular weight excluding hydrogens is 388 g/mol. The van der Waals surface area contributed by atoms with Crippen molar-refractivity contribution in [1.82, 2.24) is 0 Å². The molecular formula is C15H22O9S2. The molecule has 1 fully saturated rings. The quantitative estimate of drug-likeness (QED) is 0.582. The lowest BCUT2D eigenvalue weighted by molar-refractivity contribution is -0.167. The smallest absolute Gasteiger partial charge is 0.263 e. The second-order valence-electron chi connectivity index (χ2n) is 6.13. The van der Waals surface area contributed by atoms with E-state index in [4.69, 9.17) is 14.2 Å². The third kappa shape index (κ3) is 3.28. The Balaban J connectivity index is 2.36. The van der Waals surface area contributed by atoms with Gasteiger partial charge in [0.2, 0.25) is 11.2 Å². The van der Waals surface area contributed by atoms with E-state index in [0.29, 0.717) is 12.5 Å². The van der Waals surface area contributed by atoms with Crippen LogP contribution in [-0.4, -0.2) is 75.5 Å². The number of rotatable bonds is 7. The topological polar surface area (TPSA) is 136 Å². The van der Waals surface area contributed by atoms with E-state index in [-0.39, 0.29) is 6.61 Å². The Morgan fingerprint density at radius 3 is 2.04 bits per heavy atom. The first-order valence-corrected chi connectivity index (χ1v) is 11.3. The van der Waals surface area contributed by atoms with E-state index < -0.39 is 48.5 Å². The molecule has 148 valence electrons. The van der Waals surface area contributed by atoms with Gasteiger partial charge in [-0.2, -0.15) is 0 Å². The van der Waals surface area contributed by atoms with Crippen LogP contribution >= 0.6 is 0 Å². The van der Waals surface area contributed by atoms with Crippen molar-refractivity contribution in [2.45, 2.75) is 28.9 Å². The van der Waals surface area contributed by atoms with E-state index in [1.54, 1.807) is 30.3 Å². The fourth-order valence-corrected chi connectivity index (χ4v) is 6.20. The molecule has 4 atom stereocenters. The maximum absolute atomic E-state index is 12.3. The molecule has 1 aliphatic heterocycles. The highest BCUT2D eigenvalue weighted by atomic mass is 32.2. The van der Waals surface area contributed by atoms with Gasteiger partial charge in [-0.15, -0.1) is 0 Å². The molecule has 1 saturated heterocycles. The number of ether oxygens (including phenoxy) is 3. The van der Waals surface area contributed by atoms with Crippen molar-refractivity contribution in [1.29, 1.82) is 0 Å². The average molecular weight is 410 g/mol. The molecule has 0 unspecified atom stereocenters. The number of methoxy groups -OCH3 is 1. The van der Waals surface area contributed by atoms with E-state index in [9.17, 15) is 27.0 Å². The summed E-state index contributed by atoms with van der Waals surface area (Å²) in [6.07, 6.45) is -2.41. The summed E-state index contributed by atoms with van der Waals surface area (Å²) in [5.41, 5.74) is 0.773. The van der Waals surface area contributed by atoms with Crippen LogP contribution in [0, 0.1) is 0 Å². The minimum Gasteiger partial charge on any atom is -0.374 e. The summed E-state index contributed by atoms with van der Waals surface area (Å²) in [6.45, 7) is -0.425. The maximum atomic E-state index is 12.3. The average Bonchev–Trinajstić information content (AvgIpc) is 2.78. The van der Waals surface area contributed by atoms with Gasteiger partial charge in [0, 0.05) is 19.6 Å². The highest BCUT2D eigenvalue weighted by molar-refractivity contribution is 7.96. The molecule has 0 amide bonds. The third-order valence-corrected chi connectivity index (χ3v) is 7.75. The van der Waals surface area contributed by atoms with Crippen molar-refractivity contribution in [3.63, 3.8) is 0 Å². The predicted molar refractivity (Wildman–Crippen MR) is 91.4 cm³/mol. The van der Waals surface area contributed by atoms with E-state index in [1.807, 2.05) is 0 Å². The number of sulfone groups is 2. The van der Waals surface area contributed by atoms with Crippen LogP contribution in [0.15, 0.2) is 30.3 Å². The fourth-order valence-electron chi connectivity index (χ4n) is 2.90. The van der Waals surface area contributed by atoms with Crippen molar-refractivity contribution >= 4 is 19.7 Å². The Morgan fingerprint density at radius 1 is 1.04 bits per heavy atom. The van der Waals surface area contributed by atoms with Gasteiger partial charge in [0.05, 0.1) is 13.2 Å². The van der Waals surface area contributed by atoms with Crippen molar-refractivity contribution < 1.29 is 41.3 Å². The first kappa shape index (κ1) is 21.2. The zero-order valence-electron chi connectivity index (χ0n) is 14.5. The van der Waals surface area contributed by atoms with E-state index in [0.717, 1.165) is 12.7 Å². The van der Waals surface area contributed by atoms with Crippen molar-refractivity contribution in [2.75, 3.05) is 26.2 Å². The SMILES string of the molecule is CO[C@H]1O[C@H](COCc2ccccc2)[C@](O)(S(C)(=O)=O)[C@@]1(O)S(C)(=O)=O. The molecule has 1 aromatic rings. The zero-order chi connectivity index (χ0) is 19.8. The van der Waals surface area contributed by atoms with Gasteiger partial charge in [-0.3, -0.25) is 0 Å². The highest BCUT2D eigenvalue weighted by Crippen LogP contribution is 2.46. The minimum atomic E-state index is -4.54. The van der Waals surface area contributed by atoms with Gasteiger partial charge in [0.1, 0.15) is 6.10 Å². The van der Waals surface area contributed by atoms with Crippen molar-refractivity contribution in [3.8, 4) is 0 Å². The summed E-state index contributed by atoms with van der Waals surface area (Å²) in [6, 6.07) is 8.90. The van der Waals surface area contributed by atoms with E-state index >= 15 is 0 Å². The lowest BCUT2D eigenvalue weighted by Crippen LogP contribution is -2.67. The molecule has 2 rings (SSSR count). The Kier molecular flexibility index (Phi) is 5.84. The van der Waals surface area contributed by atoms with Gasteiger partial charge in [0.25, 0.3) is 4.93 Å². The molecule has 0 aliphatic carbocycles. The van der Waals surface area contributed by atoms with Gasteiger partial charge >= 0.3 is 0 Å². The number of benzene rings is 1. The van der Waals surface area contributed by atoms with Crippen LogP contribution in [-0.2, 0) is 40.5 Å². The van der Waals surface area contributed by atoms with Gasteiger partial charge < -0.3 is 24.4 Å². The second-order valence-corrected chi connectivity index (χ2v) is 10.5. The molecule has 0 spiro atoms. The molecule has 0 saturated carbocycles. The fraction of sp³-hybridized carbons (Fsp3) is 0.600. The summed E-state index contributed by atoms with van der Waals surface area (Å²) < 4.78 is 64.2. The molecule has 0 bridgehead atoms. The normalized spacial score (nSPS) is 32.7. The summed E-state index contributed by atoms with van der Waals surface area (Å²) >= 11 is 0. The standard InChI is InChI=1S/C15H22O9S2/c1-22-13-15(17,26(3,20)21)14(16,25(2,18)19)12(24-13)10-23-9-11-7-5-4-6-8-11/h4-8,12-13,16-17H,9-10H2,1-3H3/t12-,13+,14+,15+/m1/s1. The summed E-state index contributed by atoms with van der Waals surface area (Å²) in [5.74, 6) is 0. The van der Waals surface area contributed by atoms with Crippen molar-refractivity contribution in [3.05, 3.63) is 35.9 Å². The van der Waals surface area contributed by atoms with Crippen LogP contribution in [0.3, 0.4) is 0 Å². The Bertz CT molecular complexity index is 837. The van der Waals surface area contributed by atoms with Gasteiger partial charge in [-0.1, -0.05) is 30.3 Å². The number of hydrogen-bond donors (Lipinski definition) is 2. The first-order valence-electron chi connectivity index (χ1n) is 7.53. The van der Waals surface area contributed by atoms with E-state index in [1.165, 1.54) is 0 Å². The van der Waals surface area contributed by atoms with Crippen LogP contribution in [0.25, 0.3) is 0 Å². The lowest BCUT2D eigenvalue weighted by Gasteiger charge is -2.36. The van der Waals surface area contributed by atoms with E-state index in [2.05, 4.69) is 0 Å². The number of hydrogen-bond acceptors (Lipinski definition) is 9. The summed E-state index contributed by atoms with van der Waals surface area (Å²) in [5, 5.41) is 21.5. The molecule has 9 nitrogen and oxygen atoms in total. The molecule has 2 N–H and O–H groups in total. The Hall–Kier alpha value is -1.08. The Morgan fingerprint density at radius 2 is 1.58 bits per heavy atom. The molecule has 1 aliphatic rings. The molecule has 1 aromatic carbocycles. The molecule has 0 aromatic heterocycles. The molecule has 0 radical (unpaired) electrons. The second kappa shape index (κ2) is 7.15. The van der Waals surface area contributed by atoms with Crippen LogP contribution in [0.4, 0.5) is 0 Å². The monoisotopic (exact) mass is 410 g/mol. The zero-order valence-corrected chi connectivity index (χ0v) is 16.2. The summed E-state index contributed by atoms with van der Waals surface area (Å²) in [4.78, 5) is -6.39. The maximum Gasteiger partial charge on any atom is 0.263 e. The largest absolute Gasteiger partial charge is 0.374 e. The van der Waals surface area contributed by atoms with Gasteiger partial charge in [-0.05, 0) is 5.56 Å². The van der Waals surface area contributed by atoms with Crippen LogP contribution in [0.5, 0.6) is 0 Å². The molecule has 11 heteroatoms. The number of aliphatic hydroxyl groups is 2. The van der Waals surface area contributed by atoms with Gasteiger partial charge in [0.15, 0.2) is 19.7 Å². The molecule has 1 heterocycles. The third-order valence-electron chi connectivity index (χ3n) is 4.28. The lowest BCUT2D eigenvalue weighted by atomic mass is 10.1. The van der Waals surface area contributed by atoms with Crippen LogP contribution < -0.4 is 0 Å². The van der Waals surface area contributed by atoms with Crippen molar-refractivity contribution in [2.24, 2.45) is 0 Å². The molecule has 26 heavy (non-hydrogen) atoms. The predicted octanol–water partition coefficient (Wildman–Crippen LogP) is -0.959. The minimum absolute atomic E-state index is 0.0650. The first-order chi connectivity index (χ1) is 11.9. The highest BCUT2D eigenvalue weighted by Gasteiger charge is 2.77. The van der Waals surface area contributed by atoms with Crippen LogP contribution in [0.1, 0.15) is 5.56 Å². The Labute approximate surface area is 152 Å². The summed E-state index contributed by atoms with van der Waals surface area (Å²) in [7, 11) is -8.06. The van der Waals surface area contributed by atoms with Gasteiger partial charge in [-0.25, -0.2) is 16.8 Å².